The van der Waals surface area contributed by atoms with Crippen LogP contribution >= 0.6 is 0 Å². The zero-order valence-corrected chi connectivity index (χ0v) is 18.9. The van der Waals surface area contributed by atoms with E-state index in [2.05, 4.69) is 25.4 Å². The van der Waals surface area contributed by atoms with Gasteiger partial charge in [0, 0.05) is 36.1 Å². The zero-order valence-electron chi connectivity index (χ0n) is 18.1. The standard InChI is InChI=1S/C21H26N6O3S/c1-13-10-14(2)24-21(23-13)25-18-7-8-19(22-11-18)17-6-5-9-27(12-17)31(28,29)20-15(3)26-30-16(20)4/h7-8,10-11,17H,5-6,9,12H2,1-4H3,(H,23,24,25)/t17-/m1/s1. The van der Waals surface area contributed by atoms with Crippen LogP contribution in [0.3, 0.4) is 0 Å². The van der Waals surface area contributed by atoms with E-state index < -0.39 is 10.0 Å². The predicted octanol–water partition coefficient (Wildman–Crippen LogP) is 3.41. The van der Waals surface area contributed by atoms with Gasteiger partial charge in [0.1, 0.15) is 10.6 Å². The highest BCUT2D eigenvalue weighted by atomic mass is 32.2. The summed E-state index contributed by atoms with van der Waals surface area (Å²) in [4.78, 5) is 13.5. The fourth-order valence-electron chi connectivity index (χ4n) is 4.01. The summed E-state index contributed by atoms with van der Waals surface area (Å²) in [5, 5.41) is 6.97. The van der Waals surface area contributed by atoms with Crippen LogP contribution in [-0.4, -0.2) is 45.9 Å². The van der Waals surface area contributed by atoms with E-state index in [1.807, 2.05) is 32.0 Å². The maximum Gasteiger partial charge on any atom is 0.248 e. The summed E-state index contributed by atoms with van der Waals surface area (Å²) >= 11 is 0. The summed E-state index contributed by atoms with van der Waals surface area (Å²) in [7, 11) is -3.66. The van der Waals surface area contributed by atoms with E-state index in [-0.39, 0.29) is 10.8 Å². The molecule has 9 nitrogen and oxygen atoms in total. The lowest BCUT2D eigenvalue weighted by Gasteiger charge is -2.31. The second kappa shape index (κ2) is 8.35. The van der Waals surface area contributed by atoms with E-state index in [0.717, 1.165) is 35.6 Å². The highest BCUT2D eigenvalue weighted by Crippen LogP contribution is 2.31. The Balaban J connectivity index is 1.50. The number of pyridine rings is 1. The summed E-state index contributed by atoms with van der Waals surface area (Å²) in [5.74, 6) is 0.874. The second-order valence-electron chi connectivity index (χ2n) is 7.93. The van der Waals surface area contributed by atoms with Crippen LogP contribution in [0.4, 0.5) is 11.6 Å². The Bertz CT molecular complexity index is 1150. The molecular formula is C21H26N6O3S. The Labute approximate surface area is 182 Å². The molecule has 1 aliphatic heterocycles. The molecule has 164 valence electrons. The zero-order chi connectivity index (χ0) is 22.2. The average Bonchev–Trinajstić information content (AvgIpc) is 3.07. The van der Waals surface area contributed by atoms with Crippen molar-refractivity contribution in [2.45, 2.75) is 51.3 Å². The van der Waals surface area contributed by atoms with Crippen molar-refractivity contribution in [2.24, 2.45) is 0 Å². The minimum atomic E-state index is -3.66. The van der Waals surface area contributed by atoms with Gasteiger partial charge < -0.3 is 9.84 Å². The number of aryl methyl sites for hydroxylation is 4. The highest BCUT2D eigenvalue weighted by Gasteiger charge is 2.35. The number of aromatic nitrogens is 4. The van der Waals surface area contributed by atoms with Crippen LogP contribution in [-0.2, 0) is 10.0 Å². The molecule has 0 aromatic carbocycles. The van der Waals surface area contributed by atoms with Crippen molar-refractivity contribution in [3.05, 3.63) is 52.9 Å². The number of hydrogen-bond acceptors (Lipinski definition) is 8. The maximum absolute atomic E-state index is 13.2. The smallest absolute Gasteiger partial charge is 0.248 e. The number of hydrogen-bond donors (Lipinski definition) is 1. The Morgan fingerprint density at radius 1 is 1.13 bits per heavy atom. The predicted molar refractivity (Wildman–Crippen MR) is 116 cm³/mol. The highest BCUT2D eigenvalue weighted by molar-refractivity contribution is 7.89. The molecule has 1 aliphatic rings. The van der Waals surface area contributed by atoms with Gasteiger partial charge in [0.05, 0.1) is 11.9 Å². The summed E-state index contributed by atoms with van der Waals surface area (Å²) in [6.45, 7) is 7.98. The second-order valence-corrected chi connectivity index (χ2v) is 9.80. The van der Waals surface area contributed by atoms with Crippen LogP contribution in [0, 0.1) is 27.7 Å². The van der Waals surface area contributed by atoms with Crippen LogP contribution in [0.2, 0.25) is 0 Å². The van der Waals surface area contributed by atoms with E-state index >= 15 is 0 Å². The Morgan fingerprint density at radius 3 is 2.48 bits per heavy atom. The van der Waals surface area contributed by atoms with E-state index in [0.29, 0.717) is 30.5 Å². The van der Waals surface area contributed by atoms with Crippen LogP contribution in [0.15, 0.2) is 33.8 Å². The van der Waals surface area contributed by atoms with Gasteiger partial charge in [-0.1, -0.05) is 5.16 Å². The van der Waals surface area contributed by atoms with E-state index in [1.54, 1.807) is 20.0 Å². The molecule has 10 heteroatoms. The molecule has 0 spiro atoms. The fraction of sp³-hybridized carbons (Fsp3) is 0.429. The fourth-order valence-corrected chi connectivity index (χ4v) is 5.82. The minimum absolute atomic E-state index is 0.0236. The van der Waals surface area contributed by atoms with Gasteiger partial charge in [-0.2, -0.15) is 4.31 Å². The first-order valence-electron chi connectivity index (χ1n) is 10.2. The minimum Gasteiger partial charge on any atom is -0.360 e. The number of anilines is 2. The first-order chi connectivity index (χ1) is 14.7. The largest absolute Gasteiger partial charge is 0.360 e. The lowest BCUT2D eigenvalue weighted by Crippen LogP contribution is -2.39. The van der Waals surface area contributed by atoms with Gasteiger partial charge in [-0.3, -0.25) is 4.98 Å². The number of sulfonamides is 1. The topological polar surface area (TPSA) is 114 Å². The van der Waals surface area contributed by atoms with Crippen molar-refractivity contribution in [3.63, 3.8) is 0 Å². The molecule has 3 aromatic rings. The molecule has 0 radical (unpaired) electrons. The molecule has 4 rings (SSSR count). The normalized spacial score (nSPS) is 17.6. The number of nitrogens with one attached hydrogen (secondary N) is 1. The molecule has 0 aliphatic carbocycles. The van der Waals surface area contributed by atoms with Gasteiger partial charge >= 0.3 is 0 Å². The summed E-state index contributed by atoms with van der Waals surface area (Å²) in [6, 6.07) is 5.77. The maximum atomic E-state index is 13.2. The van der Waals surface area contributed by atoms with Crippen molar-refractivity contribution in [3.8, 4) is 0 Å². The van der Waals surface area contributed by atoms with Crippen molar-refractivity contribution in [2.75, 3.05) is 18.4 Å². The molecule has 1 fully saturated rings. The molecule has 1 saturated heterocycles. The lowest BCUT2D eigenvalue weighted by atomic mass is 9.95. The Kier molecular flexibility index (Phi) is 5.76. The van der Waals surface area contributed by atoms with Gasteiger partial charge in [0.2, 0.25) is 16.0 Å². The van der Waals surface area contributed by atoms with Gasteiger partial charge in [0.15, 0.2) is 5.76 Å². The third-order valence-electron chi connectivity index (χ3n) is 5.39. The first-order valence-corrected chi connectivity index (χ1v) is 11.7. The summed E-state index contributed by atoms with van der Waals surface area (Å²) in [6.07, 6.45) is 3.39. The average molecular weight is 443 g/mol. The van der Waals surface area contributed by atoms with E-state index in [9.17, 15) is 8.42 Å². The Morgan fingerprint density at radius 2 is 1.87 bits per heavy atom. The summed E-state index contributed by atoms with van der Waals surface area (Å²) < 4.78 is 32.9. The monoisotopic (exact) mass is 442 g/mol. The summed E-state index contributed by atoms with van der Waals surface area (Å²) in [5.41, 5.74) is 3.82. The molecule has 0 unspecified atom stereocenters. The number of rotatable bonds is 5. The molecular weight excluding hydrogens is 416 g/mol. The van der Waals surface area contributed by atoms with Gasteiger partial charge in [0.25, 0.3) is 0 Å². The van der Waals surface area contributed by atoms with Crippen LogP contribution in [0.5, 0.6) is 0 Å². The molecule has 31 heavy (non-hydrogen) atoms. The molecule has 0 saturated carbocycles. The molecule has 1 atom stereocenters. The SMILES string of the molecule is Cc1cc(C)nc(Nc2ccc([C@@H]3CCCN(S(=O)(=O)c4c(C)noc4C)C3)nc2)n1. The number of nitrogens with zero attached hydrogens (tertiary/aromatic N) is 5. The van der Waals surface area contributed by atoms with Crippen LogP contribution < -0.4 is 5.32 Å². The van der Waals surface area contributed by atoms with Gasteiger partial charge in [-0.25, -0.2) is 18.4 Å². The van der Waals surface area contributed by atoms with Crippen molar-refractivity contribution >= 4 is 21.7 Å². The lowest BCUT2D eigenvalue weighted by molar-refractivity contribution is 0.312. The Hall–Kier alpha value is -2.85. The molecule has 0 amide bonds. The number of piperidine rings is 1. The van der Waals surface area contributed by atoms with Gasteiger partial charge in [-0.15, -0.1) is 0 Å². The van der Waals surface area contributed by atoms with Crippen molar-refractivity contribution < 1.29 is 12.9 Å². The van der Waals surface area contributed by atoms with Crippen LogP contribution in [0.25, 0.3) is 0 Å². The molecule has 4 heterocycles. The first kappa shape index (κ1) is 21.4. The van der Waals surface area contributed by atoms with E-state index in [1.165, 1.54) is 4.31 Å². The van der Waals surface area contributed by atoms with Crippen molar-refractivity contribution in [1.82, 2.24) is 24.4 Å². The third-order valence-corrected chi connectivity index (χ3v) is 7.50. The molecule has 1 N–H and O–H groups in total. The van der Waals surface area contributed by atoms with Gasteiger partial charge in [-0.05, 0) is 58.7 Å². The van der Waals surface area contributed by atoms with Crippen molar-refractivity contribution in [1.29, 1.82) is 0 Å². The molecule has 3 aromatic heterocycles. The van der Waals surface area contributed by atoms with E-state index in [4.69, 9.17) is 4.52 Å². The third kappa shape index (κ3) is 4.45. The quantitative estimate of drug-likeness (QED) is 0.639. The molecule has 0 bridgehead atoms. The van der Waals surface area contributed by atoms with Crippen LogP contribution in [0.1, 0.15) is 47.3 Å².